The first-order valence-electron chi connectivity index (χ1n) is 7.14. The first kappa shape index (κ1) is 16.4. The van der Waals surface area contributed by atoms with E-state index in [9.17, 15) is 9.90 Å². The lowest BCUT2D eigenvalue weighted by molar-refractivity contribution is -0.115. The topological polar surface area (TPSA) is 49.3 Å². The maximum atomic E-state index is 12.2. The summed E-state index contributed by atoms with van der Waals surface area (Å²) in [6, 6.07) is 12.5. The van der Waals surface area contributed by atoms with Crippen LogP contribution in [0, 0.1) is 0 Å². The molecule has 1 amide bonds. The number of nitrogens with one attached hydrogen (secondary N) is 1. The van der Waals surface area contributed by atoms with Crippen molar-refractivity contribution in [1.82, 2.24) is 0 Å². The minimum absolute atomic E-state index is 0.0560. The lowest BCUT2D eigenvalue weighted by Gasteiger charge is -2.20. The highest BCUT2D eigenvalue weighted by Crippen LogP contribution is 2.30. The standard InChI is InChI=1S/C18H20ClNO2/c1-18(2,3)13-8-9-16(21)15(11-13)20-17(22)10-12-6-4-5-7-14(12)19/h4-9,11,21H,10H2,1-3H3,(H,20,22). The van der Waals surface area contributed by atoms with Gasteiger partial charge in [-0.2, -0.15) is 0 Å². The Bertz CT molecular complexity index is 690. The first-order valence-corrected chi connectivity index (χ1v) is 7.52. The fourth-order valence-corrected chi connectivity index (χ4v) is 2.31. The molecular formula is C18H20ClNO2. The Morgan fingerprint density at radius 1 is 1.18 bits per heavy atom. The Morgan fingerprint density at radius 2 is 1.86 bits per heavy atom. The summed E-state index contributed by atoms with van der Waals surface area (Å²) in [7, 11) is 0. The number of amides is 1. The summed E-state index contributed by atoms with van der Waals surface area (Å²) in [6.45, 7) is 6.23. The zero-order valence-electron chi connectivity index (χ0n) is 13.0. The molecule has 0 radical (unpaired) electrons. The fourth-order valence-electron chi connectivity index (χ4n) is 2.11. The fraction of sp³-hybridized carbons (Fsp3) is 0.278. The van der Waals surface area contributed by atoms with Gasteiger partial charge in [0.15, 0.2) is 0 Å². The smallest absolute Gasteiger partial charge is 0.228 e. The minimum atomic E-state index is -0.213. The molecule has 2 N–H and O–H groups in total. The number of phenolic OH excluding ortho intramolecular Hbond substituents is 1. The highest BCUT2D eigenvalue weighted by Gasteiger charge is 2.16. The number of anilines is 1. The Hall–Kier alpha value is -2.00. The van der Waals surface area contributed by atoms with Crippen LogP contribution in [0.1, 0.15) is 31.9 Å². The van der Waals surface area contributed by atoms with Crippen molar-refractivity contribution >= 4 is 23.2 Å². The maximum Gasteiger partial charge on any atom is 0.228 e. The minimum Gasteiger partial charge on any atom is -0.506 e. The molecule has 0 saturated heterocycles. The highest BCUT2D eigenvalue weighted by atomic mass is 35.5. The van der Waals surface area contributed by atoms with Gasteiger partial charge in [-0.1, -0.05) is 56.6 Å². The summed E-state index contributed by atoms with van der Waals surface area (Å²) < 4.78 is 0. The van der Waals surface area contributed by atoms with Crippen molar-refractivity contribution in [1.29, 1.82) is 0 Å². The molecule has 0 aliphatic heterocycles. The van der Waals surface area contributed by atoms with E-state index in [2.05, 4.69) is 26.1 Å². The lowest BCUT2D eigenvalue weighted by Crippen LogP contribution is -2.16. The van der Waals surface area contributed by atoms with Gasteiger partial charge in [-0.15, -0.1) is 0 Å². The van der Waals surface area contributed by atoms with Gasteiger partial charge in [-0.05, 0) is 34.7 Å². The number of hydrogen-bond acceptors (Lipinski definition) is 2. The molecule has 2 rings (SSSR count). The molecular weight excluding hydrogens is 298 g/mol. The van der Waals surface area contributed by atoms with E-state index in [1.807, 2.05) is 24.3 Å². The van der Waals surface area contributed by atoms with Crippen LogP contribution in [0.2, 0.25) is 5.02 Å². The van der Waals surface area contributed by atoms with Crippen molar-refractivity contribution in [3.63, 3.8) is 0 Å². The summed E-state index contributed by atoms with van der Waals surface area (Å²) >= 11 is 6.06. The molecule has 116 valence electrons. The number of halogens is 1. The van der Waals surface area contributed by atoms with E-state index in [1.54, 1.807) is 18.2 Å². The Labute approximate surface area is 135 Å². The molecule has 0 aromatic heterocycles. The van der Waals surface area contributed by atoms with Crippen molar-refractivity contribution in [3.8, 4) is 5.75 Å². The first-order chi connectivity index (χ1) is 10.3. The number of rotatable bonds is 3. The highest BCUT2D eigenvalue weighted by molar-refractivity contribution is 6.31. The molecule has 0 atom stereocenters. The molecule has 2 aromatic carbocycles. The molecule has 22 heavy (non-hydrogen) atoms. The van der Waals surface area contributed by atoms with E-state index < -0.39 is 0 Å². The van der Waals surface area contributed by atoms with E-state index in [0.717, 1.165) is 11.1 Å². The summed E-state index contributed by atoms with van der Waals surface area (Å²) in [5, 5.41) is 13.2. The molecule has 0 heterocycles. The van der Waals surface area contributed by atoms with Crippen LogP contribution in [0.15, 0.2) is 42.5 Å². The molecule has 0 saturated carbocycles. The van der Waals surface area contributed by atoms with Gasteiger partial charge in [-0.3, -0.25) is 4.79 Å². The zero-order chi connectivity index (χ0) is 16.3. The van der Waals surface area contributed by atoms with Crippen LogP contribution in [0.5, 0.6) is 5.75 Å². The third kappa shape index (κ3) is 4.01. The van der Waals surface area contributed by atoms with Gasteiger partial charge in [0, 0.05) is 5.02 Å². The van der Waals surface area contributed by atoms with Crippen molar-refractivity contribution in [2.75, 3.05) is 5.32 Å². The maximum absolute atomic E-state index is 12.2. The second-order valence-corrected chi connectivity index (χ2v) is 6.71. The molecule has 2 aromatic rings. The van der Waals surface area contributed by atoms with Gasteiger partial charge in [0.05, 0.1) is 12.1 Å². The van der Waals surface area contributed by atoms with Crippen molar-refractivity contribution in [3.05, 3.63) is 58.6 Å². The quantitative estimate of drug-likeness (QED) is 0.817. The lowest BCUT2D eigenvalue weighted by atomic mass is 9.87. The molecule has 0 aliphatic carbocycles. The Morgan fingerprint density at radius 3 is 2.50 bits per heavy atom. The van der Waals surface area contributed by atoms with Crippen LogP contribution in [0.3, 0.4) is 0 Å². The molecule has 0 bridgehead atoms. The largest absolute Gasteiger partial charge is 0.506 e. The van der Waals surface area contributed by atoms with E-state index in [0.29, 0.717) is 10.7 Å². The van der Waals surface area contributed by atoms with E-state index >= 15 is 0 Å². The van der Waals surface area contributed by atoms with Crippen molar-refractivity contribution < 1.29 is 9.90 Å². The van der Waals surface area contributed by atoms with Crippen LogP contribution in [-0.2, 0) is 16.6 Å². The average Bonchev–Trinajstić information content (AvgIpc) is 2.42. The molecule has 4 heteroatoms. The normalized spacial score (nSPS) is 11.3. The van der Waals surface area contributed by atoms with Gasteiger partial charge in [-0.25, -0.2) is 0 Å². The Kier molecular flexibility index (Phi) is 4.77. The number of aromatic hydroxyl groups is 1. The number of carbonyl (C=O) groups is 1. The summed E-state index contributed by atoms with van der Waals surface area (Å²) in [5.74, 6) is -0.157. The van der Waals surface area contributed by atoms with Gasteiger partial charge in [0.25, 0.3) is 0 Å². The van der Waals surface area contributed by atoms with E-state index in [-0.39, 0.29) is 23.5 Å². The van der Waals surface area contributed by atoms with Gasteiger partial charge >= 0.3 is 0 Å². The SMILES string of the molecule is CC(C)(C)c1ccc(O)c(NC(=O)Cc2ccccc2Cl)c1. The summed E-state index contributed by atoms with van der Waals surface area (Å²) in [5.41, 5.74) is 2.16. The number of hydrogen-bond donors (Lipinski definition) is 2. The average molecular weight is 318 g/mol. The van der Waals surface area contributed by atoms with Gasteiger partial charge in [0.1, 0.15) is 5.75 Å². The predicted octanol–water partition coefficient (Wildman–Crippen LogP) is 4.52. The van der Waals surface area contributed by atoms with E-state index in [4.69, 9.17) is 11.6 Å². The second-order valence-electron chi connectivity index (χ2n) is 6.30. The molecule has 0 spiro atoms. The Balaban J connectivity index is 2.17. The predicted molar refractivity (Wildman–Crippen MR) is 90.6 cm³/mol. The summed E-state index contributed by atoms with van der Waals surface area (Å²) in [4.78, 5) is 12.2. The molecule has 3 nitrogen and oxygen atoms in total. The van der Waals surface area contributed by atoms with Crippen LogP contribution < -0.4 is 5.32 Å². The summed E-state index contributed by atoms with van der Waals surface area (Å²) in [6.07, 6.45) is 0.166. The number of carbonyl (C=O) groups excluding carboxylic acids is 1. The zero-order valence-corrected chi connectivity index (χ0v) is 13.7. The van der Waals surface area contributed by atoms with Crippen molar-refractivity contribution in [2.45, 2.75) is 32.6 Å². The van der Waals surface area contributed by atoms with Crippen LogP contribution >= 0.6 is 11.6 Å². The van der Waals surface area contributed by atoms with Crippen LogP contribution in [0.25, 0.3) is 0 Å². The van der Waals surface area contributed by atoms with Crippen LogP contribution in [-0.4, -0.2) is 11.0 Å². The van der Waals surface area contributed by atoms with E-state index in [1.165, 1.54) is 0 Å². The number of benzene rings is 2. The third-order valence-electron chi connectivity index (χ3n) is 3.45. The second kappa shape index (κ2) is 6.41. The monoisotopic (exact) mass is 317 g/mol. The van der Waals surface area contributed by atoms with Crippen LogP contribution in [0.4, 0.5) is 5.69 Å². The van der Waals surface area contributed by atoms with Crippen molar-refractivity contribution in [2.24, 2.45) is 0 Å². The molecule has 0 fully saturated rings. The molecule has 0 unspecified atom stereocenters. The van der Waals surface area contributed by atoms with Gasteiger partial charge < -0.3 is 10.4 Å². The third-order valence-corrected chi connectivity index (χ3v) is 3.81. The van der Waals surface area contributed by atoms with Gasteiger partial charge in [0.2, 0.25) is 5.91 Å². The number of phenols is 1. The molecule has 0 aliphatic rings.